The molecule has 2 aromatic rings. The first kappa shape index (κ1) is 9.43. The van der Waals surface area contributed by atoms with Gasteiger partial charge in [-0.1, -0.05) is 11.6 Å². The van der Waals surface area contributed by atoms with E-state index in [1.54, 1.807) is 23.3 Å². The van der Waals surface area contributed by atoms with Crippen molar-refractivity contribution in [3.05, 3.63) is 35.5 Å². The second kappa shape index (κ2) is 3.94. The van der Waals surface area contributed by atoms with Gasteiger partial charge >= 0.3 is 0 Å². The Kier molecular flexibility index (Phi) is 2.65. The lowest BCUT2D eigenvalue weighted by Gasteiger charge is -2.02. The monoisotopic (exact) mass is 228 g/mol. The van der Waals surface area contributed by atoms with Crippen molar-refractivity contribution in [1.82, 2.24) is 19.7 Å². The van der Waals surface area contributed by atoms with Crippen LogP contribution in [0.5, 0.6) is 0 Å². The molecule has 0 amide bonds. The van der Waals surface area contributed by atoms with E-state index in [-0.39, 0.29) is 0 Å². The van der Waals surface area contributed by atoms with Crippen LogP contribution in [-0.4, -0.2) is 19.7 Å². The molecule has 0 unspecified atom stereocenters. The van der Waals surface area contributed by atoms with Gasteiger partial charge in [0.15, 0.2) is 5.82 Å². The molecule has 0 bridgehead atoms. The molecule has 2 heterocycles. The van der Waals surface area contributed by atoms with Gasteiger partial charge in [-0.15, -0.1) is 11.6 Å². The fourth-order valence-electron chi connectivity index (χ4n) is 1.02. The van der Waals surface area contributed by atoms with Crippen LogP contribution in [0.3, 0.4) is 0 Å². The van der Waals surface area contributed by atoms with Gasteiger partial charge in [-0.2, -0.15) is 5.10 Å². The Labute approximate surface area is 90.5 Å². The normalized spacial score (nSPS) is 10.4. The number of aromatic nitrogens is 4. The van der Waals surface area contributed by atoms with Crippen molar-refractivity contribution < 1.29 is 0 Å². The van der Waals surface area contributed by atoms with Gasteiger partial charge in [0, 0.05) is 12.1 Å². The number of rotatable bonds is 2. The third-order valence-corrected chi connectivity index (χ3v) is 2.35. The van der Waals surface area contributed by atoms with Gasteiger partial charge in [0.05, 0.1) is 5.02 Å². The number of nitrogens with zero attached hydrogens (tertiary/aromatic N) is 4. The number of pyridine rings is 1. The zero-order valence-electron chi connectivity index (χ0n) is 7.06. The average molecular weight is 229 g/mol. The standard InChI is InChI=1S/C8H6Cl2N4/c9-2-6-1-8(12-3-7(6)10)14-5-11-4-13-14/h1,3-5H,2H2. The van der Waals surface area contributed by atoms with Crippen molar-refractivity contribution in [3.8, 4) is 5.82 Å². The van der Waals surface area contributed by atoms with Crippen LogP contribution < -0.4 is 0 Å². The molecule has 0 saturated carbocycles. The smallest absolute Gasteiger partial charge is 0.155 e. The van der Waals surface area contributed by atoms with E-state index in [0.717, 1.165) is 5.56 Å². The topological polar surface area (TPSA) is 43.6 Å². The Morgan fingerprint density at radius 2 is 2.29 bits per heavy atom. The Bertz CT molecular complexity index is 427. The molecule has 14 heavy (non-hydrogen) atoms. The van der Waals surface area contributed by atoms with E-state index in [1.807, 2.05) is 0 Å². The van der Waals surface area contributed by atoms with E-state index < -0.39 is 0 Å². The van der Waals surface area contributed by atoms with Gasteiger partial charge in [-0.25, -0.2) is 14.6 Å². The quantitative estimate of drug-likeness (QED) is 0.740. The summed E-state index contributed by atoms with van der Waals surface area (Å²) in [6, 6.07) is 1.78. The predicted molar refractivity (Wildman–Crippen MR) is 53.7 cm³/mol. The van der Waals surface area contributed by atoms with Crippen LogP contribution in [0.15, 0.2) is 24.9 Å². The van der Waals surface area contributed by atoms with Crippen LogP contribution in [0, 0.1) is 0 Å². The van der Waals surface area contributed by atoms with Gasteiger partial charge in [0.2, 0.25) is 0 Å². The molecule has 72 valence electrons. The first-order chi connectivity index (χ1) is 6.81. The summed E-state index contributed by atoms with van der Waals surface area (Å²) in [6.45, 7) is 0. The highest BCUT2D eigenvalue weighted by molar-refractivity contribution is 6.32. The zero-order valence-corrected chi connectivity index (χ0v) is 8.57. The lowest BCUT2D eigenvalue weighted by atomic mass is 10.3. The van der Waals surface area contributed by atoms with Gasteiger partial charge < -0.3 is 0 Å². The van der Waals surface area contributed by atoms with E-state index in [4.69, 9.17) is 23.2 Å². The lowest BCUT2D eigenvalue weighted by Crippen LogP contribution is -1.98. The number of alkyl halides is 1. The first-order valence-electron chi connectivity index (χ1n) is 3.86. The molecule has 6 heteroatoms. The highest BCUT2D eigenvalue weighted by Gasteiger charge is 2.03. The Morgan fingerprint density at radius 1 is 1.43 bits per heavy atom. The summed E-state index contributed by atoms with van der Waals surface area (Å²) in [6.07, 6.45) is 4.56. The minimum atomic E-state index is 0.350. The van der Waals surface area contributed by atoms with Crippen molar-refractivity contribution in [2.24, 2.45) is 0 Å². The summed E-state index contributed by atoms with van der Waals surface area (Å²) in [5, 5.41) is 4.51. The Hall–Kier alpha value is -1.13. The van der Waals surface area contributed by atoms with Crippen LogP contribution in [-0.2, 0) is 5.88 Å². The average Bonchev–Trinajstić information content (AvgIpc) is 2.71. The van der Waals surface area contributed by atoms with Gasteiger partial charge in [0.25, 0.3) is 0 Å². The molecule has 0 aliphatic rings. The van der Waals surface area contributed by atoms with Crippen LogP contribution in [0.1, 0.15) is 5.56 Å². The van der Waals surface area contributed by atoms with Crippen molar-refractivity contribution in [2.45, 2.75) is 5.88 Å². The highest BCUT2D eigenvalue weighted by Crippen LogP contribution is 2.18. The molecule has 2 aromatic heterocycles. The molecule has 2 rings (SSSR count). The number of hydrogen-bond acceptors (Lipinski definition) is 3. The van der Waals surface area contributed by atoms with Crippen LogP contribution in [0.25, 0.3) is 5.82 Å². The molecule has 0 saturated heterocycles. The largest absolute Gasteiger partial charge is 0.235 e. The van der Waals surface area contributed by atoms with Crippen molar-refractivity contribution >= 4 is 23.2 Å². The van der Waals surface area contributed by atoms with Crippen molar-refractivity contribution in [3.63, 3.8) is 0 Å². The van der Waals surface area contributed by atoms with Gasteiger partial charge in [0.1, 0.15) is 12.7 Å². The maximum absolute atomic E-state index is 5.87. The summed E-state index contributed by atoms with van der Waals surface area (Å²) in [5.41, 5.74) is 0.828. The molecule has 0 aliphatic heterocycles. The van der Waals surface area contributed by atoms with Crippen LogP contribution in [0.2, 0.25) is 5.02 Å². The van der Waals surface area contributed by atoms with Crippen LogP contribution >= 0.6 is 23.2 Å². The molecule has 4 nitrogen and oxygen atoms in total. The molecule has 0 aromatic carbocycles. The number of hydrogen-bond donors (Lipinski definition) is 0. The van der Waals surface area contributed by atoms with Gasteiger partial charge in [-0.05, 0) is 11.6 Å². The minimum absolute atomic E-state index is 0.350. The minimum Gasteiger partial charge on any atom is -0.235 e. The summed E-state index contributed by atoms with van der Waals surface area (Å²) in [5.74, 6) is 1.01. The van der Waals surface area contributed by atoms with Crippen molar-refractivity contribution in [2.75, 3.05) is 0 Å². The third kappa shape index (κ3) is 1.71. The van der Waals surface area contributed by atoms with Crippen LogP contribution in [0.4, 0.5) is 0 Å². The highest BCUT2D eigenvalue weighted by atomic mass is 35.5. The summed E-state index contributed by atoms with van der Waals surface area (Å²) >= 11 is 11.6. The van der Waals surface area contributed by atoms with Crippen molar-refractivity contribution in [1.29, 1.82) is 0 Å². The second-order valence-corrected chi connectivity index (χ2v) is 3.28. The Morgan fingerprint density at radius 3 is 2.93 bits per heavy atom. The maximum Gasteiger partial charge on any atom is 0.155 e. The molecule has 0 N–H and O–H groups in total. The lowest BCUT2D eigenvalue weighted by molar-refractivity contribution is 0.843. The molecule has 0 fully saturated rings. The van der Waals surface area contributed by atoms with E-state index in [2.05, 4.69) is 15.1 Å². The predicted octanol–water partition coefficient (Wildman–Crippen LogP) is 2.05. The van der Waals surface area contributed by atoms with E-state index in [0.29, 0.717) is 16.7 Å². The third-order valence-electron chi connectivity index (χ3n) is 1.72. The molecule has 0 spiro atoms. The summed E-state index contributed by atoms with van der Waals surface area (Å²) in [4.78, 5) is 7.92. The van der Waals surface area contributed by atoms with E-state index in [9.17, 15) is 0 Å². The first-order valence-corrected chi connectivity index (χ1v) is 4.78. The number of halogens is 2. The molecular weight excluding hydrogens is 223 g/mol. The summed E-state index contributed by atoms with van der Waals surface area (Å²) < 4.78 is 1.55. The SMILES string of the molecule is ClCc1cc(-n2cncn2)ncc1Cl. The van der Waals surface area contributed by atoms with Gasteiger partial charge in [-0.3, -0.25) is 0 Å². The molecule has 0 aliphatic carbocycles. The summed E-state index contributed by atoms with van der Waals surface area (Å²) in [7, 11) is 0. The maximum atomic E-state index is 5.87. The second-order valence-electron chi connectivity index (χ2n) is 2.61. The van der Waals surface area contributed by atoms with E-state index in [1.165, 1.54) is 6.33 Å². The van der Waals surface area contributed by atoms with E-state index >= 15 is 0 Å². The molecule has 0 radical (unpaired) electrons. The molecular formula is C8H6Cl2N4. The fourth-order valence-corrected chi connectivity index (χ4v) is 1.48. The Balaban J connectivity index is 2.46. The zero-order chi connectivity index (χ0) is 9.97. The fraction of sp³-hybridized carbons (Fsp3) is 0.125. The molecule has 0 atom stereocenters.